The molecule has 1 aromatic carbocycles. The number of benzene rings is 1. The van der Waals surface area contributed by atoms with E-state index in [-0.39, 0.29) is 40.5 Å². The molecular formula is C33H47F3N4O. The number of amides is 1. The first-order valence-corrected chi connectivity index (χ1v) is 15.4. The number of aromatic nitrogens is 1. The van der Waals surface area contributed by atoms with Gasteiger partial charge in [-0.25, -0.2) is 4.98 Å². The molecule has 2 aromatic rings. The molecule has 1 aromatic heterocycles. The maximum Gasteiger partial charge on any atom is 0.395 e. The molecule has 0 radical (unpaired) electrons. The van der Waals surface area contributed by atoms with Crippen LogP contribution >= 0.6 is 0 Å². The van der Waals surface area contributed by atoms with Crippen molar-refractivity contribution < 1.29 is 18.0 Å². The summed E-state index contributed by atoms with van der Waals surface area (Å²) in [6.45, 7) is 7.63. The van der Waals surface area contributed by atoms with Gasteiger partial charge in [-0.3, -0.25) is 10.2 Å². The fourth-order valence-corrected chi connectivity index (χ4v) is 4.92. The van der Waals surface area contributed by atoms with Crippen molar-refractivity contribution in [3.05, 3.63) is 53.2 Å². The van der Waals surface area contributed by atoms with Crippen LogP contribution in [0.4, 0.5) is 24.7 Å². The Morgan fingerprint density at radius 1 is 1.02 bits per heavy atom. The number of para-hydroxylation sites is 1. The molecule has 1 amide bonds. The molecule has 2 aliphatic carbocycles. The topological polar surface area (TPSA) is 77.9 Å². The minimum absolute atomic E-state index is 0.0282. The van der Waals surface area contributed by atoms with E-state index in [1.165, 1.54) is 25.1 Å². The van der Waals surface area contributed by atoms with Crippen molar-refractivity contribution in [2.75, 3.05) is 10.6 Å². The number of halogens is 3. The molecule has 1 heterocycles. The number of rotatable bonds is 13. The first-order chi connectivity index (χ1) is 19.6. The average Bonchev–Trinajstić information content (AvgIpc) is 3.69. The first-order valence-electron chi connectivity index (χ1n) is 15.4. The van der Waals surface area contributed by atoms with Crippen LogP contribution < -0.4 is 10.6 Å². The fourth-order valence-electron chi connectivity index (χ4n) is 4.92. The van der Waals surface area contributed by atoms with E-state index in [1.807, 2.05) is 12.1 Å². The number of hydrogen-bond acceptors (Lipinski definition) is 4. The third-order valence-corrected chi connectivity index (χ3v) is 8.12. The van der Waals surface area contributed by atoms with Crippen molar-refractivity contribution in [3.63, 3.8) is 0 Å². The Morgan fingerprint density at radius 3 is 2.27 bits per heavy atom. The molecule has 226 valence electrons. The van der Waals surface area contributed by atoms with Crippen LogP contribution in [0.25, 0.3) is 0 Å². The van der Waals surface area contributed by atoms with Crippen LogP contribution in [0.2, 0.25) is 0 Å². The number of nitrogens with one attached hydrogen (secondary N) is 3. The SMILES string of the molecule is CC1CC1.CCCCCC(CCC)Nc1ccccc1C(=N)c1ccnc(NC(=O)C2CCC2)c1C(C)C(F)(F)F. The Kier molecular flexibility index (Phi) is 12.2. The predicted octanol–water partition coefficient (Wildman–Crippen LogP) is 9.48. The lowest BCUT2D eigenvalue weighted by Gasteiger charge is -2.27. The highest BCUT2D eigenvalue weighted by atomic mass is 19.4. The molecule has 0 saturated heterocycles. The van der Waals surface area contributed by atoms with Crippen LogP contribution in [0, 0.1) is 17.2 Å². The number of anilines is 2. The van der Waals surface area contributed by atoms with Gasteiger partial charge >= 0.3 is 6.18 Å². The molecule has 2 saturated carbocycles. The summed E-state index contributed by atoms with van der Waals surface area (Å²) in [6.07, 6.45) is 8.49. The van der Waals surface area contributed by atoms with E-state index in [2.05, 4.69) is 36.4 Å². The standard InChI is InChI=1S/C29H39F3N4O.C4H8/c1-4-6-7-14-21(11-5-2)35-24-16-9-8-15-22(24)26(33)23-17-18-34-27(25(23)19(3)29(30,31)32)36-28(37)20-12-10-13-20;1-4-2-3-4/h8-9,15-21,33,35H,4-7,10-14H2,1-3H3,(H,34,36,37);4H,2-3H2,1H3. The predicted molar refractivity (Wildman–Crippen MR) is 162 cm³/mol. The van der Waals surface area contributed by atoms with Crippen LogP contribution in [-0.2, 0) is 4.79 Å². The molecule has 2 unspecified atom stereocenters. The monoisotopic (exact) mass is 572 g/mol. The zero-order chi connectivity index (χ0) is 30.0. The highest BCUT2D eigenvalue weighted by Gasteiger charge is 2.41. The molecule has 5 nitrogen and oxygen atoms in total. The lowest BCUT2D eigenvalue weighted by molar-refractivity contribution is -0.146. The number of unbranched alkanes of at least 4 members (excludes halogenated alkanes) is 2. The maximum absolute atomic E-state index is 14.0. The third kappa shape index (κ3) is 9.57. The lowest BCUT2D eigenvalue weighted by atomic mass is 9.84. The molecule has 41 heavy (non-hydrogen) atoms. The molecule has 2 atom stereocenters. The third-order valence-electron chi connectivity index (χ3n) is 8.12. The zero-order valence-electron chi connectivity index (χ0n) is 25.0. The van der Waals surface area contributed by atoms with Gasteiger partial charge in [0.1, 0.15) is 5.82 Å². The van der Waals surface area contributed by atoms with Crippen molar-refractivity contribution in [2.24, 2.45) is 11.8 Å². The number of hydrogen-bond donors (Lipinski definition) is 3. The Hall–Kier alpha value is -2.90. The molecule has 2 aliphatic rings. The number of carbonyl (C=O) groups is 1. The minimum atomic E-state index is -4.56. The van der Waals surface area contributed by atoms with Gasteiger partial charge in [0.2, 0.25) is 5.91 Å². The number of carbonyl (C=O) groups excluding carboxylic acids is 1. The first kappa shape index (κ1) is 32.6. The van der Waals surface area contributed by atoms with Gasteiger partial charge in [0.15, 0.2) is 0 Å². The summed E-state index contributed by atoms with van der Waals surface area (Å²) >= 11 is 0. The number of nitrogens with zero attached hydrogens (tertiary/aromatic N) is 1. The van der Waals surface area contributed by atoms with Gasteiger partial charge in [-0.2, -0.15) is 13.2 Å². The summed E-state index contributed by atoms with van der Waals surface area (Å²) in [7, 11) is 0. The van der Waals surface area contributed by atoms with Crippen LogP contribution in [0.3, 0.4) is 0 Å². The smallest absolute Gasteiger partial charge is 0.382 e. The van der Waals surface area contributed by atoms with Gasteiger partial charge in [-0.15, -0.1) is 0 Å². The number of alkyl halides is 3. The van der Waals surface area contributed by atoms with Crippen molar-refractivity contribution >= 4 is 23.1 Å². The van der Waals surface area contributed by atoms with E-state index >= 15 is 0 Å². The second-order valence-corrected chi connectivity index (χ2v) is 11.7. The maximum atomic E-state index is 14.0. The van der Waals surface area contributed by atoms with Crippen molar-refractivity contribution in [2.45, 2.75) is 116 Å². The second kappa shape index (κ2) is 15.4. The fraction of sp³-hybridized carbons (Fsp3) is 0.606. The van der Waals surface area contributed by atoms with E-state index in [0.717, 1.165) is 76.3 Å². The molecule has 0 aliphatic heterocycles. The van der Waals surface area contributed by atoms with E-state index in [0.29, 0.717) is 5.56 Å². The molecule has 4 rings (SSSR count). The van der Waals surface area contributed by atoms with Gasteiger partial charge in [-0.05, 0) is 50.7 Å². The van der Waals surface area contributed by atoms with Gasteiger partial charge < -0.3 is 10.6 Å². The molecule has 0 spiro atoms. The highest BCUT2D eigenvalue weighted by molar-refractivity contribution is 6.15. The van der Waals surface area contributed by atoms with Crippen LogP contribution in [0.15, 0.2) is 36.5 Å². The van der Waals surface area contributed by atoms with Gasteiger partial charge in [-0.1, -0.05) is 83.9 Å². The van der Waals surface area contributed by atoms with Crippen molar-refractivity contribution in [1.82, 2.24) is 4.98 Å². The summed E-state index contributed by atoms with van der Waals surface area (Å²) in [4.78, 5) is 16.7. The summed E-state index contributed by atoms with van der Waals surface area (Å²) in [6, 6.07) is 8.95. The Morgan fingerprint density at radius 2 is 1.71 bits per heavy atom. The van der Waals surface area contributed by atoms with E-state index in [4.69, 9.17) is 5.41 Å². The van der Waals surface area contributed by atoms with Crippen molar-refractivity contribution in [3.8, 4) is 0 Å². The molecule has 3 N–H and O–H groups in total. The Balaban J connectivity index is 0.00000106. The van der Waals surface area contributed by atoms with Crippen LogP contribution in [0.1, 0.15) is 121 Å². The average molecular weight is 573 g/mol. The summed E-state index contributed by atoms with van der Waals surface area (Å²) in [5.74, 6) is -1.45. The summed E-state index contributed by atoms with van der Waals surface area (Å²) in [5.41, 5.74) is 1.17. The second-order valence-electron chi connectivity index (χ2n) is 11.7. The Bertz CT molecular complexity index is 1140. The van der Waals surface area contributed by atoms with Gasteiger partial charge in [0.25, 0.3) is 0 Å². The normalized spacial score (nSPS) is 16.6. The van der Waals surface area contributed by atoms with Gasteiger partial charge in [0.05, 0.1) is 11.6 Å². The van der Waals surface area contributed by atoms with E-state index < -0.39 is 12.1 Å². The molecule has 0 bridgehead atoms. The molecule has 2 fully saturated rings. The zero-order valence-corrected chi connectivity index (χ0v) is 25.0. The quantitative estimate of drug-likeness (QED) is 0.165. The molecule has 8 heteroatoms. The number of pyridine rings is 1. The van der Waals surface area contributed by atoms with Crippen LogP contribution in [0.5, 0.6) is 0 Å². The lowest BCUT2D eigenvalue weighted by Crippen LogP contribution is -2.30. The van der Waals surface area contributed by atoms with Crippen molar-refractivity contribution in [1.29, 1.82) is 5.41 Å². The van der Waals surface area contributed by atoms with E-state index in [1.54, 1.807) is 12.1 Å². The Labute approximate surface area is 243 Å². The summed E-state index contributed by atoms with van der Waals surface area (Å²) in [5, 5.41) is 15.2. The van der Waals surface area contributed by atoms with Crippen LogP contribution in [-0.4, -0.2) is 28.8 Å². The highest BCUT2D eigenvalue weighted by Crippen LogP contribution is 2.40. The summed E-state index contributed by atoms with van der Waals surface area (Å²) < 4.78 is 42.0. The molecular weight excluding hydrogens is 525 g/mol. The van der Waals surface area contributed by atoms with E-state index in [9.17, 15) is 18.0 Å². The van der Waals surface area contributed by atoms with Gasteiger partial charge in [0, 0.05) is 40.5 Å². The largest absolute Gasteiger partial charge is 0.395 e. The minimum Gasteiger partial charge on any atom is -0.382 e.